The molecule has 1 atom stereocenters. The number of para-hydroxylation sites is 2. The van der Waals surface area contributed by atoms with E-state index in [0.717, 1.165) is 37.6 Å². The number of anilines is 2. The van der Waals surface area contributed by atoms with Crippen molar-refractivity contribution in [2.75, 3.05) is 70.2 Å². The lowest BCUT2D eigenvalue weighted by atomic mass is 10.1. The number of amides is 3. The van der Waals surface area contributed by atoms with Crippen LogP contribution in [0.3, 0.4) is 0 Å². The highest BCUT2D eigenvalue weighted by atomic mass is 16.5. The Morgan fingerprint density at radius 2 is 1.69 bits per heavy atom. The van der Waals surface area contributed by atoms with Crippen LogP contribution in [0, 0.1) is 0 Å². The second kappa shape index (κ2) is 11.8. The Kier molecular flexibility index (Phi) is 8.27. The fourth-order valence-electron chi connectivity index (χ4n) is 4.58. The topological polar surface area (TPSA) is 103 Å². The van der Waals surface area contributed by atoms with Crippen LogP contribution in [0.2, 0.25) is 0 Å². The lowest BCUT2D eigenvalue weighted by Crippen LogP contribution is -2.60. The van der Waals surface area contributed by atoms with Crippen molar-refractivity contribution in [2.45, 2.75) is 12.5 Å². The van der Waals surface area contributed by atoms with Gasteiger partial charge in [-0.05, 0) is 36.4 Å². The minimum atomic E-state index is -0.846. The number of methoxy groups -OCH3 is 2. The lowest BCUT2D eigenvalue weighted by Gasteiger charge is -2.39. The third-order valence-corrected chi connectivity index (χ3v) is 6.58. The first-order valence-electron chi connectivity index (χ1n) is 12.1. The fraction of sp³-hybridized carbons (Fsp3) is 0.423. The average Bonchev–Trinajstić information content (AvgIpc) is 2.90. The van der Waals surface area contributed by atoms with Gasteiger partial charge in [0.2, 0.25) is 17.7 Å². The van der Waals surface area contributed by atoms with Crippen LogP contribution in [-0.4, -0.2) is 93.6 Å². The zero-order chi connectivity index (χ0) is 25.5. The Bertz CT molecular complexity index is 1070. The van der Waals surface area contributed by atoms with Gasteiger partial charge in [0, 0.05) is 45.0 Å². The van der Waals surface area contributed by atoms with Gasteiger partial charge in [-0.15, -0.1) is 0 Å². The van der Waals surface area contributed by atoms with E-state index in [-0.39, 0.29) is 30.7 Å². The molecule has 10 nitrogen and oxygen atoms in total. The summed E-state index contributed by atoms with van der Waals surface area (Å²) in [4.78, 5) is 44.5. The summed E-state index contributed by atoms with van der Waals surface area (Å²) in [5.74, 6) is 0.541. The van der Waals surface area contributed by atoms with Gasteiger partial charge in [0.25, 0.3) is 0 Å². The van der Waals surface area contributed by atoms with E-state index >= 15 is 0 Å². The van der Waals surface area contributed by atoms with Gasteiger partial charge in [0.15, 0.2) is 0 Å². The van der Waals surface area contributed by atoms with Gasteiger partial charge in [-0.1, -0.05) is 12.1 Å². The molecule has 2 heterocycles. The van der Waals surface area contributed by atoms with E-state index < -0.39 is 6.04 Å². The van der Waals surface area contributed by atoms with Gasteiger partial charge < -0.3 is 29.9 Å². The number of hydrogen-bond donors (Lipinski definition) is 2. The Morgan fingerprint density at radius 3 is 2.39 bits per heavy atom. The lowest BCUT2D eigenvalue weighted by molar-refractivity contribution is -0.145. The van der Waals surface area contributed by atoms with E-state index in [4.69, 9.17) is 9.47 Å². The molecule has 36 heavy (non-hydrogen) atoms. The molecular weight excluding hydrogens is 462 g/mol. The molecule has 0 saturated carbocycles. The second-order valence-corrected chi connectivity index (χ2v) is 8.81. The predicted octanol–water partition coefficient (Wildman–Crippen LogP) is 1.18. The van der Waals surface area contributed by atoms with Gasteiger partial charge >= 0.3 is 0 Å². The molecular formula is C26H33N5O5. The molecule has 2 saturated heterocycles. The number of nitrogens with zero attached hydrogens (tertiary/aromatic N) is 3. The van der Waals surface area contributed by atoms with Crippen molar-refractivity contribution in [1.29, 1.82) is 0 Å². The molecule has 1 unspecified atom stereocenters. The number of carbonyl (C=O) groups excluding carboxylic acids is 3. The smallest absolute Gasteiger partial charge is 0.243 e. The number of hydrogen-bond acceptors (Lipinski definition) is 7. The summed E-state index contributed by atoms with van der Waals surface area (Å²) in [5, 5.41) is 5.57. The van der Waals surface area contributed by atoms with Crippen LogP contribution in [0.1, 0.15) is 6.42 Å². The normalized spacial score (nSPS) is 18.4. The van der Waals surface area contributed by atoms with Crippen molar-refractivity contribution in [3.05, 3.63) is 48.5 Å². The Balaban J connectivity index is 1.32. The Hall–Kier alpha value is -3.79. The average molecular weight is 496 g/mol. The van der Waals surface area contributed by atoms with Crippen LogP contribution in [0.4, 0.5) is 11.4 Å². The molecule has 2 aromatic rings. The summed E-state index contributed by atoms with van der Waals surface area (Å²) in [6.45, 7) is 4.03. The molecule has 2 aliphatic rings. The maximum absolute atomic E-state index is 13.2. The highest BCUT2D eigenvalue weighted by Gasteiger charge is 2.35. The van der Waals surface area contributed by atoms with Crippen molar-refractivity contribution in [1.82, 2.24) is 15.1 Å². The minimum Gasteiger partial charge on any atom is -0.497 e. The summed E-state index contributed by atoms with van der Waals surface area (Å²) in [6.07, 6.45) is -0.124. The second-order valence-electron chi connectivity index (χ2n) is 8.81. The fourth-order valence-corrected chi connectivity index (χ4v) is 4.58. The van der Waals surface area contributed by atoms with Gasteiger partial charge in [0.05, 0.1) is 32.9 Å². The van der Waals surface area contributed by atoms with Gasteiger partial charge in [-0.25, -0.2) is 0 Å². The van der Waals surface area contributed by atoms with Crippen molar-refractivity contribution in [2.24, 2.45) is 0 Å². The number of ether oxygens (including phenoxy) is 2. The SMILES string of the molecule is COc1ccc(N2CCN(CC(=O)N3CCNC(=O)C3CC(=O)Nc3ccccc3OC)CC2)cc1. The zero-order valence-corrected chi connectivity index (χ0v) is 20.7. The molecule has 192 valence electrons. The minimum absolute atomic E-state index is 0.124. The van der Waals surface area contributed by atoms with E-state index in [1.165, 1.54) is 12.0 Å². The molecule has 0 bridgehead atoms. The molecule has 2 aromatic carbocycles. The summed E-state index contributed by atoms with van der Waals surface area (Å²) in [6, 6.07) is 14.2. The number of piperazine rings is 2. The number of carbonyl (C=O) groups is 3. The van der Waals surface area contributed by atoms with E-state index in [0.29, 0.717) is 24.5 Å². The molecule has 10 heteroatoms. The summed E-state index contributed by atoms with van der Waals surface area (Å²) >= 11 is 0. The largest absolute Gasteiger partial charge is 0.497 e. The van der Waals surface area contributed by atoms with Gasteiger partial charge in [-0.2, -0.15) is 0 Å². The van der Waals surface area contributed by atoms with Crippen molar-refractivity contribution < 1.29 is 23.9 Å². The molecule has 2 aliphatic heterocycles. The van der Waals surface area contributed by atoms with Crippen LogP contribution in [-0.2, 0) is 14.4 Å². The monoisotopic (exact) mass is 495 g/mol. The van der Waals surface area contributed by atoms with E-state index in [1.807, 2.05) is 24.3 Å². The van der Waals surface area contributed by atoms with Gasteiger partial charge in [-0.3, -0.25) is 19.3 Å². The summed E-state index contributed by atoms with van der Waals surface area (Å²) < 4.78 is 10.5. The van der Waals surface area contributed by atoms with Crippen LogP contribution in [0.15, 0.2) is 48.5 Å². The van der Waals surface area contributed by atoms with Crippen LogP contribution >= 0.6 is 0 Å². The molecule has 2 N–H and O–H groups in total. The molecule has 2 fully saturated rings. The summed E-state index contributed by atoms with van der Waals surface area (Å²) in [7, 11) is 3.17. The Labute approximate surface area is 211 Å². The van der Waals surface area contributed by atoms with Crippen molar-refractivity contribution in [3.8, 4) is 11.5 Å². The van der Waals surface area contributed by atoms with E-state index in [2.05, 4.69) is 20.4 Å². The zero-order valence-electron chi connectivity index (χ0n) is 20.7. The van der Waals surface area contributed by atoms with Crippen molar-refractivity contribution in [3.63, 3.8) is 0 Å². The third-order valence-electron chi connectivity index (χ3n) is 6.58. The molecule has 3 amide bonds. The van der Waals surface area contributed by atoms with E-state index in [9.17, 15) is 14.4 Å². The highest BCUT2D eigenvalue weighted by molar-refractivity contribution is 5.98. The molecule has 4 rings (SSSR count). The predicted molar refractivity (Wildman–Crippen MR) is 136 cm³/mol. The van der Waals surface area contributed by atoms with Crippen LogP contribution in [0.25, 0.3) is 0 Å². The maximum Gasteiger partial charge on any atom is 0.243 e. The molecule has 0 aliphatic carbocycles. The number of benzene rings is 2. The molecule has 0 spiro atoms. The first-order valence-corrected chi connectivity index (χ1v) is 12.1. The van der Waals surface area contributed by atoms with E-state index in [1.54, 1.807) is 31.4 Å². The summed E-state index contributed by atoms with van der Waals surface area (Å²) in [5.41, 5.74) is 1.64. The number of rotatable bonds is 8. The highest BCUT2D eigenvalue weighted by Crippen LogP contribution is 2.24. The Morgan fingerprint density at radius 1 is 0.972 bits per heavy atom. The third kappa shape index (κ3) is 6.06. The molecule has 0 aromatic heterocycles. The standard InChI is InChI=1S/C26H33N5O5/c1-35-20-9-7-19(8-10-20)30-15-13-29(14-16-30)18-25(33)31-12-11-27-26(34)22(31)17-24(32)28-21-5-3-4-6-23(21)36-2/h3-10,22H,11-18H2,1-2H3,(H,27,34)(H,28,32). The first kappa shape index (κ1) is 25.3. The molecule has 0 radical (unpaired) electrons. The number of nitrogens with one attached hydrogen (secondary N) is 2. The maximum atomic E-state index is 13.2. The van der Waals surface area contributed by atoms with Crippen LogP contribution in [0.5, 0.6) is 11.5 Å². The first-order chi connectivity index (χ1) is 17.5. The van der Waals surface area contributed by atoms with Gasteiger partial charge in [0.1, 0.15) is 17.5 Å². The van der Waals surface area contributed by atoms with Crippen molar-refractivity contribution >= 4 is 29.1 Å². The van der Waals surface area contributed by atoms with Crippen LogP contribution < -0.4 is 25.0 Å². The quantitative estimate of drug-likeness (QED) is 0.567.